The Hall–Kier alpha value is -1.07. The van der Waals surface area contributed by atoms with E-state index in [0.29, 0.717) is 10.9 Å². The number of nitrogens with one attached hydrogen (secondary N) is 1. The Kier molecular flexibility index (Phi) is 4.70. The predicted octanol–water partition coefficient (Wildman–Crippen LogP) is 2.66. The summed E-state index contributed by atoms with van der Waals surface area (Å²) in [5.41, 5.74) is 0. The second kappa shape index (κ2) is 6.14. The zero-order valence-electron chi connectivity index (χ0n) is 11.9. The van der Waals surface area contributed by atoms with E-state index in [1.807, 2.05) is 26.0 Å². The van der Waals surface area contributed by atoms with Gasteiger partial charge in [0.05, 0.1) is 10.9 Å². The smallest absolute Gasteiger partial charge is 0.246 e. The molecule has 4 nitrogen and oxygen atoms in total. The standard InChI is InChI=1S/C14H19ClN2O2S/c1-4-8(2)12-14(19)17(9(3)13(18)16-12)7-10-5-6-11(15)20-10/h5-6,8-9,12H,4,7H2,1-3H3,(H,16,18). The molecular weight excluding hydrogens is 296 g/mol. The van der Waals surface area contributed by atoms with Crippen molar-refractivity contribution in [3.63, 3.8) is 0 Å². The minimum Gasteiger partial charge on any atom is -0.342 e. The molecule has 1 aliphatic rings. The van der Waals surface area contributed by atoms with E-state index in [4.69, 9.17) is 11.6 Å². The summed E-state index contributed by atoms with van der Waals surface area (Å²) >= 11 is 7.36. The second-order valence-corrected chi connectivity index (χ2v) is 7.02. The van der Waals surface area contributed by atoms with E-state index < -0.39 is 12.1 Å². The van der Waals surface area contributed by atoms with E-state index in [-0.39, 0.29) is 17.7 Å². The van der Waals surface area contributed by atoms with Crippen molar-refractivity contribution in [3.05, 3.63) is 21.3 Å². The SMILES string of the molecule is CCC(C)C1NC(=O)C(C)N(Cc2ccc(Cl)s2)C1=O. The molecule has 1 aromatic heterocycles. The largest absolute Gasteiger partial charge is 0.342 e. The van der Waals surface area contributed by atoms with Gasteiger partial charge in [-0.25, -0.2) is 0 Å². The number of amides is 2. The molecule has 0 aromatic carbocycles. The van der Waals surface area contributed by atoms with Gasteiger partial charge in [0.15, 0.2) is 0 Å². The first kappa shape index (κ1) is 15.3. The Morgan fingerprint density at radius 3 is 2.70 bits per heavy atom. The summed E-state index contributed by atoms with van der Waals surface area (Å²) in [7, 11) is 0. The first-order valence-corrected chi connectivity index (χ1v) is 7.98. The lowest BCUT2D eigenvalue weighted by Gasteiger charge is -2.39. The Bertz CT molecular complexity index is 517. The highest BCUT2D eigenvalue weighted by atomic mass is 35.5. The Morgan fingerprint density at radius 2 is 2.15 bits per heavy atom. The van der Waals surface area contributed by atoms with Crippen LogP contribution in [0.15, 0.2) is 12.1 Å². The fourth-order valence-electron chi connectivity index (χ4n) is 2.29. The number of thiophene rings is 1. The number of carbonyl (C=O) groups excluding carboxylic acids is 2. The van der Waals surface area contributed by atoms with E-state index in [2.05, 4.69) is 5.32 Å². The average Bonchev–Trinajstić information content (AvgIpc) is 2.83. The molecule has 1 saturated heterocycles. The zero-order valence-corrected chi connectivity index (χ0v) is 13.4. The number of hydrogen-bond donors (Lipinski definition) is 1. The Morgan fingerprint density at radius 1 is 1.45 bits per heavy atom. The molecule has 110 valence electrons. The van der Waals surface area contributed by atoms with Gasteiger partial charge in [-0.05, 0) is 25.0 Å². The topological polar surface area (TPSA) is 49.4 Å². The van der Waals surface area contributed by atoms with Crippen LogP contribution in [-0.2, 0) is 16.1 Å². The molecule has 0 bridgehead atoms. The zero-order chi connectivity index (χ0) is 14.9. The molecule has 1 aliphatic heterocycles. The van der Waals surface area contributed by atoms with E-state index in [1.165, 1.54) is 11.3 Å². The molecule has 1 N–H and O–H groups in total. The summed E-state index contributed by atoms with van der Waals surface area (Å²) in [5, 5.41) is 2.83. The molecule has 2 heterocycles. The highest BCUT2D eigenvalue weighted by Crippen LogP contribution is 2.25. The van der Waals surface area contributed by atoms with Crippen LogP contribution >= 0.6 is 22.9 Å². The molecular formula is C14H19ClN2O2S. The molecule has 0 aliphatic carbocycles. The quantitative estimate of drug-likeness (QED) is 0.929. The lowest BCUT2D eigenvalue weighted by molar-refractivity contribution is -0.150. The maximum absolute atomic E-state index is 12.6. The van der Waals surface area contributed by atoms with Gasteiger partial charge in [0, 0.05) is 4.88 Å². The van der Waals surface area contributed by atoms with Crippen LogP contribution in [0.2, 0.25) is 4.34 Å². The molecule has 2 rings (SSSR count). The molecule has 0 radical (unpaired) electrons. The number of piperazine rings is 1. The lowest BCUT2D eigenvalue weighted by atomic mass is 9.94. The van der Waals surface area contributed by atoms with Crippen LogP contribution in [-0.4, -0.2) is 28.8 Å². The van der Waals surface area contributed by atoms with E-state index in [1.54, 1.807) is 11.8 Å². The number of rotatable bonds is 4. The van der Waals surface area contributed by atoms with Crippen molar-refractivity contribution in [2.24, 2.45) is 5.92 Å². The van der Waals surface area contributed by atoms with Gasteiger partial charge in [-0.1, -0.05) is 31.9 Å². The predicted molar refractivity (Wildman–Crippen MR) is 80.7 cm³/mol. The van der Waals surface area contributed by atoms with Crippen LogP contribution < -0.4 is 5.32 Å². The number of carbonyl (C=O) groups is 2. The molecule has 0 saturated carbocycles. The fraction of sp³-hybridized carbons (Fsp3) is 0.571. The van der Waals surface area contributed by atoms with Crippen LogP contribution in [0.3, 0.4) is 0 Å². The summed E-state index contributed by atoms with van der Waals surface area (Å²) in [5.74, 6) is 0.0434. The molecule has 1 aromatic rings. The first-order valence-electron chi connectivity index (χ1n) is 6.79. The summed E-state index contributed by atoms with van der Waals surface area (Å²) in [4.78, 5) is 27.3. The van der Waals surface area contributed by atoms with Crippen molar-refractivity contribution in [1.29, 1.82) is 0 Å². The highest BCUT2D eigenvalue weighted by molar-refractivity contribution is 7.16. The summed E-state index contributed by atoms with van der Waals surface area (Å²) in [6, 6.07) is 2.85. The van der Waals surface area contributed by atoms with Gasteiger partial charge in [-0.2, -0.15) is 0 Å². The third kappa shape index (κ3) is 2.99. The van der Waals surface area contributed by atoms with E-state index >= 15 is 0 Å². The molecule has 0 spiro atoms. The number of hydrogen-bond acceptors (Lipinski definition) is 3. The third-order valence-corrected chi connectivity index (χ3v) is 5.08. The summed E-state index contributed by atoms with van der Waals surface area (Å²) < 4.78 is 0.694. The average molecular weight is 315 g/mol. The van der Waals surface area contributed by atoms with Crippen molar-refractivity contribution in [1.82, 2.24) is 10.2 Å². The van der Waals surface area contributed by atoms with Crippen LogP contribution in [0.4, 0.5) is 0 Å². The monoisotopic (exact) mass is 314 g/mol. The number of nitrogens with zero attached hydrogens (tertiary/aromatic N) is 1. The molecule has 2 amide bonds. The molecule has 6 heteroatoms. The maximum atomic E-state index is 12.6. The van der Waals surface area contributed by atoms with Gasteiger partial charge in [-0.15, -0.1) is 11.3 Å². The van der Waals surface area contributed by atoms with Crippen LogP contribution in [0.5, 0.6) is 0 Å². The van der Waals surface area contributed by atoms with Crippen molar-refractivity contribution >= 4 is 34.8 Å². The summed E-state index contributed by atoms with van der Waals surface area (Å²) in [6.45, 7) is 6.21. The Labute approximate surface area is 128 Å². The first-order chi connectivity index (χ1) is 9.43. The third-order valence-electron chi connectivity index (χ3n) is 3.86. The summed E-state index contributed by atoms with van der Waals surface area (Å²) in [6.07, 6.45) is 0.851. The van der Waals surface area contributed by atoms with E-state index in [9.17, 15) is 9.59 Å². The fourth-order valence-corrected chi connectivity index (χ4v) is 3.37. The van der Waals surface area contributed by atoms with Gasteiger partial charge in [-0.3, -0.25) is 9.59 Å². The van der Waals surface area contributed by atoms with Gasteiger partial charge in [0.2, 0.25) is 11.8 Å². The normalized spacial score (nSPS) is 24.7. The molecule has 3 unspecified atom stereocenters. The van der Waals surface area contributed by atoms with Crippen LogP contribution in [0.1, 0.15) is 32.1 Å². The Balaban J connectivity index is 2.19. The highest BCUT2D eigenvalue weighted by Gasteiger charge is 2.40. The van der Waals surface area contributed by atoms with Crippen molar-refractivity contribution < 1.29 is 9.59 Å². The van der Waals surface area contributed by atoms with E-state index in [0.717, 1.165) is 11.3 Å². The van der Waals surface area contributed by atoms with Gasteiger partial charge in [0.25, 0.3) is 0 Å². The van der Waals surface area contributed by atoms with Gasteiger partial charge >= 0.3 is 0 Å². The van der Waals surface area contributed by atoms with Crippen molar-refractivity contribution in [2.45, 2.75) is 45.8 Å². The second-order valence-electron chi connectivity index (χ2n) is 5.22. The van der Waals surface area contributed by atoms with Crippen molar-refractivity contribution in [3.8, 4) is 0 Å². The minimum absolute atomic E-state index is 0.00373. The van der Waals surface area contributed by atoms with Crippen molar-refractivity contribution in [2.75, 3.05) is 0 Å². The molecule has 3 atom stereocenters. The molecule has 20 heavy (non-hydrogen) atoms. The van der Waals surface area contributed by atoms with Crippen LogP contribution in [0.25, 0.3) is 0 Å². The lowest BCUT2D eigenvalue weighted by Crippen LogP contribution is -2.63. The van der Waals surface area contributed by atoms with Gasteiger partial charge in [0.1, 0.15) is 12.1 Å². The van der Waals surface area contributed by atoms with Crippen LogP contribution in [0, 0.1) is 5.92 Å². The number of halogens is 1. The maximum Gasteiger partial charge on any atom is 0.246 e. The minimum atomic E-state index is -0.441. The van der Waals surface area contributed by atoms with Gasteiger partial charge < -0.3 is 10.2 Å². The molecule has 1 fully saturated rings.